The molecule has 0 spiro atoms. The van der Waals surface area contributed by atoms with Crippen LogP contribution in [0, 0.1) is 20.8 Å². The summed E-state index contributed by atoms with van der Waals surface area (Å²) < 4.78 is 24.5. The van der Waals surface area contributed by atoms with Crippen molar-refractivity contribution in [1.29, 1.82) is 0 Å². The van der Waals surface area contributed by atoms with Gasteiger partial charge in [-0.25, -0.2) is 19.1 Å². The largest absolute Gasteiger partial charge is 0.379 e. The standard InChI is InChI=1S/C24H31ClN5O2P/c1-18-4-6-22(16-19(18)2)27-33(28-8-12-31-13-9-28,29-10-14-32-15-11-29)24-20(3)26-23-7-5-21(25)17-30(23)24/h4-7,16-17H,8-15H2,1-3H3. The van der Waals surface area contributed by atoms with Gasteiger partial charge in [0, 0.05) is 32.4 Å². The molecule has 176 valence electrons. The van der Waals surface area contributed by atoms with E-state index in [9.17, 15) is 0 Å². The highest BCUT2D eigenvalue weighted by atomic mass is 35.5. The number of ether oxygens (including phenoxy) is 2. The van der Waals surface area contributed by atoms with Gasteiger partial charge in [-0.05, 0) is 56.2 Å². The van der Waals surface area contributed by atoms with Crippen LogP contribution in [0.1, 0.15) is 16.8 Å². The first-order chi connectivity index (χ1) is 16.0. The van der Waals surface area contributed by atoms with Crippen LogP contribution in [-0.2, 0) is 9.47 Å². The van der Waals surface area contributed by atoms with E-state index in [2.05, 4.69) is 52.7 Å². The molecule has 2 aliphatic rings. The molecule has 0 saturated carbocycles. The smallest absolute Gasteiger partial charge is 0.151 e. The summed E-state index contributed by atoms with van der Waals surface area (Å²) in [5, 5.41) is 0.689. The number of nitrogens with zero attached hydrogens (tertiary/aromatic N) is 5. The number of benzene rings is 1. The molecule has 0 radical (unpaired) electrons. The molecular formula is C24H31ClN5O2P. The molecule has 0 amide bonds. The molecule has 0 N–H and O–H groups in total. The van der Waals surface area contributed by atoms with Gasteiger partial charge in [0.05, 0.1) is 42.8 Å². The van der Waals surface area contributed by atoms with E-state index in [1.807, 2.05) is 18.3 Å². The number of aromatic nitrogens is 2. The Hall–Kier alpha value is -1.73. The maximum atomic E-state index is 6.49. The van der Waals surface area contributed by atoms with Gasteiger partial charge in [-0.2, -0.15) is 0 Å². The quantitative estimate of drug-likeness (QED) is 0.505. The van der Waals surface area contributed by atoms with Crippen molar-refractivity contribution < 1.29 is 9.47 Å². The first kappa shape index (κ1) is 23.0. The molecule has 7 nitrogen and oxygen atoms in total. The zero-order chi connectivity index (χ0) is 23.0. The van der Waals surface area contributed by atoms with E-state index in [1.165, 1.54) is 11.1 Å². The maximum Gasteiger partial charge on any atom is 0.151 e. The second-order valence-electron chi connectivity index (χ2n) is 8.67. The van der Waals surface area contributed by atoms with Crippen LogP contribution in [0.2, 0.25) is 5.02 Å². The van der Waals surface area contributed by atoms with Gasteiger partial charge in [0.25, 0.3) is 0 Å². The third kappa shape index (κ3) is 4.27. The highest BCUT2D eigenvalue weighted by molar-refractivity contribution is 7.69. The van der Waals surface area contributed by atoms with Crippen molar-refractivity contribution in [3.05, 3.63) is 58.4 Å². The highest BCUT2D eigenvalue weighted by Crippen LogP contribution is 2.58. The lowest BCUT2D eigenvalue weighted by atomic mass is 10.1. The lowest BCUT2D eigenvalue weighted by molar-refractivity contribution is 0.0578. The minimum Gasteiger partial charge on any atom is -0.379 e. The summed E-state index contributed by atoms with van der Waals surface area (Å²) in [6.07, 6.45) is 1.98. The number of halogens is 1. The number of fused-ring (bicyclic) bond motifs is 1. The summed E-state index contributed by atoms with van der Waals surface area (Å²) in [6, 6.07) is 10.4. The summed E-state index contributed by atoms with van der Waals surface area (Å²) in [4.78, 5) is 4.94. The van der Waals surface area contributed by atoms with Crippen molar-refractivity contribution in [2.24, 2.45) is 4.74 Å². The van der Waals surface area contributed by atoms with Gasteiger partial charge in [0.1, 0.15) is 11.1 Å². The molecular weight excluding hydrogens is 457 g/mol. The monoisotopic (exact) mass is 487 g/mol. The molecule has 5 rings (SSSR count). The summed E-state index contributed by atoms with van der Waals surface area (Å²) in [5.41, 5.74) is 6.55. The van der Waals surface area contributed by atoms with E-state index in [4.69, 9.17) is 30.8 Å². The predicted octanol–water partition coefficient (Wildman–Crippen LogP) is 4.57. The summed E-state index contributed by atoms with van der Waals surface area (Å²) in [7, 11) is -2.44. The summed E-state index contributed by atoms with van der Waals surface area (Å²) in [5.74, 6) is 0. The van der Waals surface area contributed by atoms with Gasteiger partial charge in [-0.15, -0.1) is 0 Å². The van der Waals surface area contributed by atoms with Gasteiger partial charge in [-0.1, -0.05) is 17.7 Å². The van der Waals surface area contributed by atoms with E-state index >= 15 is 0 Å². The lowest BCUT2D eigenvalue weighted by Gasteiger charge is -2.46. The first-order valence-corrected chi connectivity index (χ1v) is 13.5. The second-order valence-corrected chi connectivity index (χ2v) is 12.0. The molecule has 2 aromatic heterocycles. The SMILES string of the molecule is Cc1ccc(N=P(c2c(C)nc3ccc(Cl)cn23)(N2CCOCC2)N2CCOCC2)cc1C. The number of morpholine rings is 2. The average Bonchev–Trinajstić information content (AvgIpc) is 3.16. The van der Waals surface area contributed by atoms with E-state index in [0.717, 1.165) is 48.6 Å². The van der Waals surface area contributed by atoms with Crippen molar-refractivity contribution in [1.82, 2.24) is 18.7 Å². The fraction of sp³-hybridized carbons (Fsp3) is 0.458. The van der Waals surface area contributed by atoms with Crippen molar-refractivity contribution in [2.75, 3.05) is 52.6 Å². The predicted molar refractivity (Wildman–Crippen MR) is 134 cm³/mol. The Bertz CT molecular complexity index is 1190. The van der Waals surface area contributed by atoms with E-state index in [-0.39, 0.29) is 0 Å². The Morgan fingerprint density at radius 1 is 0.879 bits per heavy atom. The van der Waals surface area contributed by atoms with Crippen molar-refractivity contribution in [3.8, 4) is 0 Å². The van der Waals surface area contributed by atoms with Gasteiger partial charge >= 0.3 is 0 Å². The normalized spacial score (nSPS) is 18.7. The minimum atomic E-state index is -2.44. The molecule has 2 fully saturated rings. The zero-order valence-corrected chi connectivity index (χ0v) is 21.1. The average molecular weight is 488 g/mol. The lowest BCUT2D eigenvalue weighted by Crippen LogP contribution is -2.47. The third-order valence-corrected chi connectivity index (χ3v) is 10.7. The van der Waals surface area contributed by atoms with Gasteiger partial charge < -0.3 is 9.47 Å². The van der Waals surface area contributed by atoms with E-state index < -0.39 is 7.36 Å². The van der Waals surface area contributed by atoms with Gasteiger partial charge in [0.2, 0.25) is 0 Å². The first-order valence-electron chi connectivity index (χ1n) is 11.5. The van der Waals surface area contributed by atoms with Crippen LogP contribution in [-0.4, -0.2) is 71.3 Å². The Labute approximate surface area is 200 Å². The molecule has 0 atom stereocenters. The fourth-order valence-electron chi connectivity index (χ4n) is 4.72. The molecule has 2 saturated heterocycles. The number of hydrogen-bond donors (Lipinski definition) is 0. The Morgan fingerprint density at radius 2 is 1.52 bits per heavy atom. The molecule has 0 aliphatic carbocycles. The number of aryl methyl sites for hydroxylation is 3. The van der Waals surface area contributed by atoms with Crippen molar-refractivity contribution >= 4 is 35.7 Å². The number of pyridine rings is 1. The Balaban J connectivity index is 1.85. The van der Waals surface area contributed by atoms with Crippen LogP contribution in [0.15, 0.2) is 41.3 Å². The molecule has 2 aliphatic heterocycles. The van der Waals surface area contributed by atoms with Crippen LogP contribution in [0.25, 0.3) is 5.65 Å². The summed E-state index contributed by atoms with van der Waals surface area (Å²) >= 11 is 6.49. The third-order valence-electron chi connectivity index (χ3n) is 6.52. The topological polar surface area (TPSA) is 54.6 Å². The Morgan fingerprint density at radius 3 is 2.12 bits per heavy atom. The molecule has 0 bridgehead atoms. The minimum absolute atomic E-state index is 0.689. The molecule has 3 aromatic rings. The number of imidazole rings is 1. The molecule has 1 aromatic carbocycles. The fourth-order valence-corrected chi connectivity index (χ4v) is 8.94. The second kappa shape index (κ2) is 9.49. The molecule has 4 heterocycles. The van der Waals surface area contributed by atoms with Crippen molar-refractivity contribution in [3.63, 3.8) is 0 Å². The molecule has 33 heavy (non-hydrogen) atoms. The number of rotatable bonds is 4. The van der Waals surface area contributed by atoms with E-state index in [0.29, 0.717) is 31.5 Å². The zero-order valence-electron chi connectivity index (χ0n) is 19.5. The maximum absolute atomic E-state index is 6.49. The van der Waals surface area contributed by atoms with Crippen LogP contribution in [0.3, 0.4) is 0 Å². The molecule has 0 unspecified atom stereocenters. The molecule has 9 heteroatoms. The Kier molecular flexibility index (Phi) is 6.62. The van der Waals surface area contributed by atoms with Crippen LogP contribution in [0.5, 0.6) is 0 Å². The van der Waals surface area contributed by atoms with Crippen LogP contribution in [0.4, 0.5) is 5.69 Å². The van der Waals surface area contributed by atoms with Gasteiger partial charge in [0.15, 0.2) is 7.36 Å². The van der Waals surface area contributed by atoms with Crippen molar-refractivity contribution in [2.45, 2.75) is 20.8 Å². The van der Waals surface area contributed by atoms with E-state index in [1.54, 1.807) is 0 Å². The van der Waals surface area contributed by atoms with Gasteiger partial charge in [-0.3, -0.25) is 4.40 Å². The van der Waals surface area contributed by atoms with Crippen LogP contribution >= 0.6 is 19.0 Å². The summed E-state index contributed by atoms with van der Waals surface area (Å²) in [6.45, 7) is 12.5. The van der Waals surface area contributed by atoms with Crippen LogP contribution < -0.4 is 5.44 Å². The number of hydrogen-bond acceptors (Lipinski definition) is 4. The highest BCUT2D eigenvalue weighted by Gasteiger charge is 2.42.